The molecule has 0 bridgehead atoms. The first-order valence-electron chi connectivity index (χ1n) is 6.89. The highest BCUT2D eigenvalue weighted by atomic mass is 32.2. The maximum Gasteiger partial charge on any atom is 0.244 e. The lowest BCUT2D eigenvalue weighted by Crippen LogP contribution is -2.33. The molecular weight excluding hydrogens is 312 g/mol. The predicted molar refractivity (Wildman–Crippen MR) is 87.0 cm³/mol. The highest BCUT2D eigenvalue weighted by Gasteiger charge is 2.28. The average molecular weight is 335 g/mol. The molecule has 2 heterocycles. The van der Waals surface area contributed by atoms with Gasteiger partial charge in [0, 0.05) is 36.3 Å². The van der Waals surface area contributed by atoms with Gasteiger partial charge in [-0.3, -0.25) is 0 Å². The fourth-order valence-electron chi connectivity index (χ4n) is 2.09. The number of thiophene rings is 1. The van der Waals surface area contributed by atoms with E-state index in [4.69, 9.17) is 0 Å². The van der Waals surface area contributed by atoms with Gasteiger partial charge >= 0.3 is 0 Å². The molecule has 7 heteroatoms. The molecule has 2 rings (SSSR count). The molecule has 1 fully saturated rings. The number of hydrogen-bond acceptors (Lipinski definition) is 5. The summed E-state index contributed by atoms with van der Waals surface area (Å²) in [5, 5.41) is 5.17. The van der Waals surface area contributed by atoms with Crippen LogP contribution in [0.1, 0.15) is 25.1 Å². The Balaban J connectivity index is 2.18. The van der Waals surface area contributed by atoms with E-state index in [2.05, 4.69) is 19.2 Å². The molecule has 0 aliphatic carbocycles. The van der Waals surface area contributed by atoms with Crippen LogP contribution in [0.2, 0.25) is 0 Å². The molecule has 0 spiro atoms. The molecule has 0 saturated carbocycles. The van der Waals surface area contributed by atoms with Crippen LogP contribution in [-0.2, 0) is 16.6 Å². The lowest BCUT2D eigenvalue weighted by molar-refractivity contribution is 0.434. The van der Waals surface area contributed by atoms with Gasteiger partial charge in [0.05, 0.1) is 4.90 Å². The van der Waals surface area contributed by atoms with Gasteiger partial charge in [0.25, 0.3) is 0 Å². The van der Waals surface area contributed by atoms with Gasteiger partial charge < -0.3 is 5.32 Å². The Kier molecular flexibility index (Phi) is 5.92. The Morgan fingerprint density at radius 2 is 2.15 bits per heavy atom. The maximum absolute atomic E-state index is 12.8. The van der Waals surface area contributed by atoms with Gasteiger partial charge in [0.1, 0.15) is 0 Å². The average Bonchev–Trinajstić information content (AvgIpc) is 2.69. The number of hydrogen-bond donors (Lipinski definition) is 1. The zero-order chi connectivity index (χ0) is 14.6. The van der Waals surface area contributed by atoms with Crippen molar-refractivity contribution in [1.29, 1.82) is 0 Å². The Morgan fingerprint density at radius 1 is 1.35 bits per heavy atom. The van der Waals surface area contributed by atoms with Crippen molar-refractivity contribution in [2.45, 2.75) is 37.8 Å². The van der Waals surface area contributed by atoms with Crippen LogP contribution in [0.25, 0.3) is 0 Å². The zero-order valence-corrected chi connectivity index (χ0v) is 14.4. The lowest BCUT2D eigenvalue weighted by Gasteiger charge is -2.20. The van der Waals surface area contributed by atoms with Crippen molar-refractivity contribution in [3.05, 3.63) is 16.3 Å². The first kappa shape index (κ1) is 16.3. The number of nitrogens with one attached hydrogen (secondary N) is 1. The van der Waals surface area contributed by atoms with Crippen LogP contribution in [0.4, 0.5) is 0 Å². The van der Waals surface area contributed by atoms with Crippen LogP contribution >= 0.6 is 23.1 Å². The molecule has 0 unspecified atom stereocenters. The topological polar surface area (TPSA) is 49.4 Å². The van der Waals surface area contributed by atoms with Crippen LogP contribution < -0.4 is 5.32 Å². The normalized spacial score (nSPS) is 18.4. The molecule has 4 nitrogen and oxygen atoms in total. The lowest BCUT2D eigenvalue weighted by atomic mass is 10.4. The van der Waals surface area contributed by atoms with E-state index in [1.807, 2.05) is 17.1 Å². The summed E-state index contributed by atoms with van der Waals surface area (Å²) in [6.45, 7) is 6.01. The molecule has 1 aromatic rings. The molecule has 0 radical (unpaired) electrons. The van der Waals surface area contributed by atoms with Crippen molar-refractivity contribution < 1.29 is 8.42 Å². The largest absolute Gasteiger partial charge is 0.310 e. The van der Waals surface area contributed by atoms with E-state index < -0.39 is 10.0 Å². The summed E-state index contributed by atoms with van der Waals surface area (Å²) in [5.41, 5.74) is 0. The SMILES string of the molecule is CC(C)NCc1sccc1S(=O)(=O)N1CCCSCC1. The quantitative estimate of drug-likeness (QED) is 0.898. The molecule has 0 amide bonds. The van der Waals surface area contributed by atoms with Gasteiger partial charge in [-0.15, -0.1) is 11.3 Å². The standard InChI is InChI=1S/C13H22N2O2S3/c1-11(2)14-10-12-13(4-8-19-12)20(16,17)15-5-3-7-18-9-6-15/h4,8,11,14H,3,5-7,9-10H2,1-2H3. The van der Waals surface area contributed by atoms with Gasteiger partial charge in [-0.2, -0.15) is 16.1 Å². The highest BCUT2D eigenvalue weighted by molar-refractivity contribution is 7.99. The molecular formula is C13H22N2O2S3. The van der Waals surface area contributed by atoms with Crippen LogP contribution in [0, 0.1) is 0 Å². The van der Waals surface area contributed by atoms with E-state index in [1.165, 1.54) is 11.3 Å². The van der Waals surface area contributed by atoms with Gasteiger partial charge in [-0.25, -0.2) is 8.42 Å². The molecule has 114 valence electrons. The summed E-state index contributed by atoms with van der Waals surface area (Å²) in [5.74, 6) is 1.94. The van der Waals surface area contributed by atoms with E-state index in [9.17, 15) is 8.42 Å². The second kappa shape index (κ2) is 7.26. The van der Waals surface area contributed by atoms with Crippen molar-refractivity contribution in [3.8, 4) is 0 Å². The third kappa shape index (κ3) is 3.98. The van der Waals surface area contributed by atoms with Crippen LogP contribution in [0.15, 0.2) is 16.3 Å². The molecule has 1 saturated heterocycles. The Morgan fingerprint density at radius 3 is 2.90 bits per heavy atom. The summed E-state index contributed by atoms with van der Waals surface area (Å²) >= 11 is 3.35. The van der Waals surface area contributed by atoms with E-state index in [-0.39, 0.29) is 0 Å². The van der Waals surface area contributed by atoms with E-state index in [0.29, 0.717) is 30.6 Å². The molecule has 1 N–H and O–H groups in total. The smallest absolute Gasteiger partial charge is 0.244 e. The minimum absolute atomic E-state index is 0.349. The zero-order valence-electron chi connectivity index (χ0n) is 12.0. The Labute approximate surface area is 130 Å². The van der Waals surface area contributed by atoms with Crippen LogP contribution in [-0.4, -0.2) is 43.4 Å². The van der Waals surface area contributed by atoms with E-state index in [1.54, 1.807) is 10.4 Å². The molecule has 0 aromatic carbocycles. The van der Waals surface area contributed by atoms with Gasteiger partial charge in [-0.05, 0) is 23.6 Å². The molecule has 1 aromatic heterocycles. The summed E-state index contributed by atoms with van der Waals surface area (Å²) in [4.78, 5) is 1.40. The second-order valence-corrected chi connectivity index (χ2v) is 9.25. The van der Waals surface area contributed by atoms with Crippen LogP contribution in [0.5, 0.6) is 0 Å². The minimum Gasteiger partial charge on any atom is -0.310 e. The number of nitrogens with zero attached hydrogens (tertiary/aromatic N) is 1. The summed E-state index contributed by atoms with van der Waals surface area (Å²) < 4.78 is 27.2. The van der Waals surface area contributed by atoms with Crippen molar-refractivity contribution in [1.82, 2.24) is 9.62 Å². The minimum atomic E-state index is -3.33. The molecule has 1 aliphatic rings. The van der Waals surface area contributed by atoms with Crippen molar-refractivity contribution in [2.24, 2.45) is 0 Å². The van der Waals surface area contributed by atoms with Crippen molar-refractivity contribution in [2.75, 3.05) is 24.6 Å². The summed E-state index contributed by atoms with van der Waals surface area (Å²) in [7, 11) is -3.33. The third-order valence-electron chi connectivity index (χ3n) is 3.17. The fourth-order valence-corrected chi connectivity index (χ4v) is 5.93. The van der Waals surface area contributed by atoms with Crippen molar-refractivity contribution in [3.63, 3.8) is 0 Å². The Hall–Kier alpha value is -0.0800. The van der Waals surface area contributed by atoms with Crippen LogP contribution in [0.3, 0.4) is 0 Å². The summed E-state index contributed by atoms with van der Waals surface area (Å²) in [6, 6.07) is 2.09. The first-order valence-corrected chi connectivity index (χ1v) is 10.4. The molecule has 0 atom stereocenters. The van der Waals surface area contributed by atoms with Gasteiger partial charge in [0.2, 0.25) is 10.0 Å². The molecule has 20 heavy (non-hydrogen) atoms. The predicted octanol–water partition coefficient (Wildman–Crippen LogP) is 2.37. The molecule has 1 aliphatic heterocycles. The highest BCUT2D eigenvalue weighted by Crippen LogP contribution is 2.26. The number of rotatable bonds is 5. The number of sulfonamides is 1. The first-order chi connectivity index (χ1) is 9.51. The third-order valence-corrected chi connectivity index (χ3v) is 7.26. The monoisotopic (exact) mass is 334 g/mol. The second-order valence-electron chi connectivity index (χ2n) is 5.11. The summed E-state index contributed by atoms with van der Waals surface area (Å²) in [6.07, 6.45) is 0.938. The van der Waals surface area contributed by atoms with E-state index >= 15 is 0 Å². The number of thioether (sulfide) groups is 1. The maximum atomic E-state index is 12.8. The van der Waals surface area contributed by atoms with Crippen molar-refractivity contribution >= 4 is 33.1 Å². The van der Waals surface area contributed by atoms with Gasteiger partial charge in [-0.1, -0.05) is 13.8 Å². The van der Waals surface area contributed by atoms with Gasteiger partial charge in [0.15, 0.2) is 0 Å². The fraction of sp³-hybridized carbons (Fsp3) is 0.692. The Bertz CT molecular complexity index is 517. The van der Waals surface area contributed by atoms with E-state index in [0.717, 1.165) is 22.8 Å².